The molecule has 1 aliphatic carbocycles. The van der Waals surface area contributed by atoms with Crippen LogP contribution in [0.5, 0.6) is 0 Å². The molecule has 0 spiro atoms. The predicted octanol–water partition coefficient (Wildman–Crippen LogP) is 5.20. The number of aliphatic hydroxyl groups is 1. The molecule has 2 N–H and O–H groups in total. The number of aliphatic imine (C=N–C) groups is 3. The maximum Gasteiger partial charge on any atom is 0.305 e. The molecular weight excluding hydrogens is 540 g/mol. The Morgan fingerprint density at radius 3 is 2.47 bits per heavy atom. The molecule has 6 rings (SSSR count). The van der Waals surface area contributed by atoms with Crippen molar-refractivity contribution in [1.82, 2.24) is 4.98 Å². The minimum Gasteiger partial charge on any atom is -0.511 e. The molecular formula is C35H36N4O4. The molecule has 220 valence electrons. The Balaban J connectivity index is 1.72. The largest absolute Gasteiger partial charge is 0.511 e. The summed E-state index contributed by atoms with van der Waals surface area (Å²) in [6.45, 7) is 14.4. The van der Waals surface area contributed by atoms with E-state index in [4.69, 9.17) is 24.5 Å². The van der Waals surface area contributed by atoms with Gasteiger partial charge in [-0.3, -0.25) is 4.79 Å². The zero-order chi connectivity index (χ0) is 30.7. The van der Waals surface area contributed by atoms with Gasteiger partial charge in [0.1, 0.15) is 17.2 Å². The predicted molar refractivity (Wildman–Crippen MR) is 170 cm³/mol. The second kappa shape index (κ2) is 10.5. The number of carbonyl (C=O) groups excluding carboxylic acids is 1. The first kappa shape index (κ1) is 28.4. The van der Waals surface area contributed by atoms with Crippen molar-refractivity contribution in [2.75, 3.05) is 14.2 Å². The zero-order valence-electron chi connectivity index (χ0n) is 25.8. The summed E-state index contributed by atoms with van der Waals surface area (Å²) in [6.07, 6.45) is 7.73. The highest BCUT2D eigenvalue weighted by Crippen LogP contribution is 2.45. The third kappa shape index (κ3) is 4.27. The van der Waals surface area contributed by atoms with E-state index in [-0.39, 0.29) is 18.1 Å². The summed E-state index contributed by atoms with van der Waals surface area (Å²) in [7, 11) is 3.02. The standard InChI is InChI=1S/C35H36N4O4/c1-9-20-16(3)24-14-27-21(10-2)17(4)31(38-27)35(43-8)32-18(5)22(11-12-29(41)42-7)33(39-32)23-13-28(40)30-19(6)25(37-34(23)30)15-26(20)36-24/h10,14-15,36,40H,2,9,11-13H2,1,3-8H3. The summed E-state index contributed by atoms with van der Waals surface area (Å²) in [6, 6.07) is 0. The second-order valence-corrected chi connectivity index (χ2v) is 11.3. The number of nitrogens with one attached hydrogen (secondary N) is 1. The first-order chi connectivity index (χ1) is 20.6. The number of allylic oxidation sites excluding steroid dienone is 9. The first-order valence-corrected chi connectivity index (χ1v) is 14.6. The van der Waals surface area contributed by atoms with Gasteiger partial charge < -0.3 is 19.6 Å². The Morgan fingerprint density at radius 2 is 1.79 bits per heavy atom. The fraction of sp³-hybridized carbons (Fsp3) is 0.314. The third-order valence-electron chi connectivity index (χ3n) is 9.03. The second-order valence-electron chi connectivity index (χ2n) is 11.3. The van der Waals surface area contributed by atoms with Crippen molar-refractivity contribution in [2.24, 2.45) is 15.0 Å². The monoisotopic (exact) mass is 576 g/mol. The summed E-state index contributed by atoms with van der Waals surface area (Å²) in [5.74, 6) is 0.514. The number of hydrogen-bond acceptors (Lipinski definition) is 7. The molecule has 8 nitrogen and oxygen atoms in total. The van der Waals surface area contributed by atoms with Gasteiger partial charge in [-0.2, -0.15) is 0 Å². The van der Waals surface area contributed by atoms with Crippen LogP contribution in [0.4, 0.5) is 0 Å². The van der Waals surface area contributed by atoms with Gasteiger partial charge >= 0.3 is 5.97 Å². The van der Waals surface area contributed by atoms with Gasteiger partial charge in [-0.15, -0.1) is 0 Å². The number of hydrogen-bond donors (Lipinski definition) is 2. The summed E-state index contributed by atoms with van der Waals surface area (Å²) < 4.78 is 11.0. The third-order valence-corrected chi connectivity index (χ3v) is 9.03. The van der Waals surface area contributed by atoms with E-state index >= 15 is 0 Å². The normalized spacial score (nSPS) is 19.3. The van der Waals surface area contributed by atoms with Crippen LogP contribution in [-0.2, 0) is 20.7 Å². The number of aromatic nitrogens is 1. The molecule has 1 aromatic heterocycles. The molecule has 0 unspecified atom stereocenters. The highest BCUT2D eigenvalue weighted by molar-refractivity contribution is 6.26. The smallest absolute Gasteiger partial charge is 0.305 e. The van der Waals surface area contributed by atoms with E-state index in [1.807, 2.05) is 26.8 Å². The topological polar surface area (TPSA) is 109 Å². The molecule has 5 aliphatic rings. The average molecular weight is 577 g/mol. The molecule has 0 atom stereocenters. The van der Waals surface area contributed by atoms with Crippen LogP contribution in [0.2, 0.25) is 0 Å². The number of fused-ring (bicyclic) bond motifs is 5. The molecule has 0 fully saturated rings. The highest BCUT2D eigenvalue weighted by atomic mass is 16.5. The Kier molecular flexibility index (Phi) is 6.95. The number of aromatic amines is 1. The van der Waals surface area contributed by atoms with E-state index < -0.39 is 0 Å². The number of esters is 1. The number of ether oxygens (including phenoxy) is 2. The summed E-state index contributed by atoms with van der Waals surface area (Å²) in [5, 5.41) is 13.2. The van der Waals surface area contributed by atoms with Crippen LogP contribution in [0.25, 0.3) is 12.2 Å². The van der Waals surface area contributed by atoms with Crippen LogP contribution in [0.15, 0.2) is 95.3 Å². The van der Waals surface area contributed by atoms with Crippen LogP contribution < -0.4 is 10.7 Å². The molecule has 0 saturated carbocycles. The molecule has 43 heavy (non-hydrogen) atoms. The SMILES string of the molecule is C=CC1=C(C)C2=C(OC)C3=NC(=C4CC(O)=C5C4=NC(=C5C)C=c4[nH]c(c(C)c4CC)=CC1=N2)C(CCC(=O)OC)=C3C. The lowest BCUT2D eigenvalue weighted by molar-refractivity contribution is -0.140. The first-order valence-electron chi connectivity index (χ1n) is 14.6. The van der Waals surface area contributed by atoms with Gasteiger partial charge in [0, 0.05) is 40.3 Å². The van der Waals surface area contributed by atoms with Crippen LogP contribution in [-0.4, -0.2) is 47.4 Å². The van der Waals surface area contributed by atoms with Crippen LogP contribution in [0.1, 0.15) is 58.1 Å². The van der Waals surface area contributed by atoms with Crippen molar-refractivity contribution in [3.8, 4) is 0 Å². The molecule has 4 aliphatic heterocycles. The van der Waals surface area contributed by atoms with Crippen LogP contribution >= 0.6 is 0 Å². The van der Waals surface area contributed by atoms with Crippen molar-refractivity contribution in [3.63, 3.8) is 0 Å². The zero-order valence-corrected chi connectivity index (χ0v) is 25.8. The van der Waals surface area contributed by atoms with Crippen molar-refractivity contribution in [3.05, 3.63) is 102 Å². The van der Waals surface area contributed by atoms with Gasteiger partial charge in [0.2, 0.25) is 0 Å². The molecule has 0 saturated heterocycles. The number of carbonyl (C=O) groups is 1. The van der Waals surface area contributed by atoms with E-state index in [1.54, 1.807) is 7.11 Å². The molecule has 0 aromatic carbocycles. The summed E-state index contributed by atoms with van der Waals surface area (Å²) >= 11 is 0. The lowest BCUT2D eigenvalue weighted by atomic mass is 9.95. The van der Waals surface area contributed by atoms with Gasteiger partial charge in [0.05, 0.1) is 37.0 Å². The fourth-order valence-corrected chi connectivity index (χ4v) is 6.66. The van der Waals surface area contributed by atoms with Gasteiger partial charge in [-0.25, -0.2) is 15.0 Å². The maximum atomic E-state index is 12.2. The van der Waals surface area contributed by atoms with Gasteiger partial charge in [0.25, 0.3) is 0 Å². The Morgan fingerprint density at radius 1 is 1.02 bits per heavy atom. The fourth-order valence-electron chi connectivity index (χ4n) is 6.66. The Hall–Kier alpha value is -4.72. The number of H-pyrrole nitrogens is 1. The van der Waals surface area contributed by atoms with Crippen LogP contribution in [0.3, 0.4) is 0 Å². The molecule has 1 aromatic rings. The van der Waals surface area contributed by atoms with Gasteiger partial charge in [-0.05, 0) is 86.1 Å². The molecule has 0 amide bonds. The van der Waals surface area contributed by atoms with Crippen molar-refractivity contribution in [2.45, 2.75) is 60.3 Å². The molecule has 8 bridgehead atoms. The maximum absolute atomic E-state index is 12.2. The van der Waals surface area contributed by atoms with Crippen LogP contribution in [0, 0.1) is 6.92 Å². The van der Waals surface area contributed by atoms with Crippen molar-refractivity contribution in [1.29, 1.82) is 0 Å². The van der Waals surface area contributed by atoms with E-state index in [1.165, 1.54) is 12.7 Å². The van der Waals surface area contributed by atoms with E-state index in [2.05, 4.69) is 37.6 Å². The van der Waals surface area contributed by atoms with E-state index in [0.29, 0.717) is 35.7 Å². The summed E-state index contributed by atoms with van der Waals surface area (Å²) in [4.78, 5) is 31.2. The minimum absolute atomic E-state index is 0.196. The molecule has 0 radical (unpaired) electrons. The van der Waals surface area contributed by atoms with Gasteiger partial charge in [-0.1, -0.05) is 19.6 Å². The van der Waals surface area contributed by atoms with E-state index in [9.17, 15) is 9.90 Å². The lowest BCUT2D eigenvalue weighted by Crippen LogP contribution is -2.14. The summed E-state index contributed by atoms with van der Waals surface area (Å²) in [5.41, 5.74) is 12.9. The van der Waals surface area contributed by atoms with Crippen molar-refractivity contribution < 1.29 is 19.4 Å². The van der Waals surface area contributed by atoms with Gasteiger partial charge in [0.15, 0.2) is 5.76 Å². The average Bonchev–Trinajstić information content (AvgIpc) is 3.74. The number of rotatable bonds is 6. The molecule has 8 heteroatoms. The number of methoxy groups -OCH3 is 2. The number of nitrogens with zero attached hydrogens (tertiary/aromatic N) is 3. The minimum atomic E-state index is -0.301. The lowest BCUT2D eigenvalue weighted by Gasteiger charge is -2.11. The highest BCUT2D eigenvalue weighted by Gasteiger charge is 2.38. The van der Waals surface area contributed by atoms with E-state index in [0.717, 1.165) is 78.8 Å². The Labute approximate surface area is 251 Å². The quantitative estimate of drug-likeness (QED) is 0.454. The van der Waals surface area contributed by atoms with Crippen molar-refractivity contribution >= 4 is 35.3 Å². The molecule has 5 heterocycles. The number of aliphatic hydroxyl groups excluding tert-OH is 1. The Bertz CT molecular complexity index is 1960.